The maximum Gasteiger partial charge on any atom is 0.133 e. The first-order chi connectivity index (χ1) is 12.3. The van der Waals surface area contributed by atoms with Crippen molar-refractivity contribution in [2.45, 2.75) is 13.1 Å². The highest BCUT2D eigenvalue weighted by atomic mass is 16.5. The van der Waals surface area contributed by atoms with Gasteiger partial charge in [-0.15, -0.1) is 0 Å². The Hall–Kier alpha value is -2.31. The van der Waals surface area contributed by atoms with Crippen molar-refractivity contribution >= 4 is 5.82 Å². The first kappa shape index (κ1) is 17.5. The second-order valence-corrected chi connectivity index (χ2v) is 5.87. The largest absolute Gasteiger partial charge is 0.497 e. The maximum atomic E-state index is 5.46. The van der Waals surface area contributed by atoms with Gasteiger partial charge in [0.1, 0.15) is 17.3 Å². The molecule has 1 aliphatic rings. The molecule has 6 nitrogen and oxygen atoms in total. The molecular weight excluding hydrogens is 318 g/mol. The lowest BCUT2D eigenvalue weighted by atomic mass is 10.1. The van der Waals surface area contributed by atoms with Gasteiger partial charge in [0.15, 0.2) is 0 Å². The number of nitrogens with one attached hydrogen (secondary N) is 1. The van der Waals surface area contributed by atoms with E-state index in [1.807, 2.05) is 30.5 Å². The molecule has 2 aromatic rings. The van der Waals surface area contributed by atoms with Gasteiger partial charge in [-0.05, 0) is 12.1 Å². The third-order valence-corrected chi connectivity index (χ3v) is 4.30. The van der Waals surface area contributed by atoms with Crippen LogP contribution in [0.5, 0.6) is 11.5 Å². The van der Waals surface area contributed by atoms with E-state index in [-0.39, 0.29) is 0 Å². The van der Waals surface area contributed by atoms with E-state index < -0.39 is 0 Å². The number of benzene rings is 1. The van der Waals surface area contributed by atoms with Gasteiger partial charge < -0.3 is 24.4 Å². The minimum Gasteiger partial charge on any atom is -0.497 e. The number of morpholine rings is 1. The highest BCUT2D eigenvalue weighted by molar-refractivity contribution is 5.47. The second kappa shape index (κ2) is 8.69. The number of aromatic nitrogens is 1. The molecule has 0 spiro atoms. The van der Waals surface area contributed by atoms with Gasteiger partial charge in [0.25, 0.3) is 0 Å². The van der Waals surface area contributed by atoms with Crippen molar-refractivity contribution in [2.75, 3.05) is 45.4 Å². The molecule has 2 heterocycles. The molecule has 134 valence electrons. The first-order valence-electron chi connectivity index (χ1n) is 8.50. The summed E-state index contributed by atoms with van der Waals surface area (Å²) in [4.78, 5) is 6.86. The molecule has 0 unspecified atom stereocenters. The molecule has 1 saturated heterocycles. The van der Waals surface area contributed by atoms with Crippen LogP contribution < -0.4 is 19.7 Å². The standard InChI is InChI=1S/C19H25N3O3/c1-23-17-6-5-15(18(12-17)24-2)13-20-14-16-4-3-7-21-19(16)22-8-10-25-11-9-22/h3-7,12,20H,8-11,13-14H2,1-2H3. The summed E-state index contributed by atoms with van der Waals surface area (Å²) in [6, 6.07) is 9.98. The number of rotatable bonds is 7. The molecule has 1 fully saturated rings. The SMILES string of the molecule is COc1ccc(CNCc2cccnc2N2CCOCC2)c(OC)c1. The molecule has 25 heavy (non-hydrogen) atoms. The van der Waals surface area contributed by atoms with Crippen molar-refractivity contribution in [1.29, 1.82) is 0 Å². The Bertz CT molecular complexity index is 687. The van der Waals surface area contributed by atoms with E-state index in [9.17, 15) is 0 Å². The van der Waals surface area contributed by atoms with E-state index in [0.717, 1.165) is 55.7 Å². The van der Waals surface area contributed by atoms with E-state index in [4.69, 9.17) is 14.2 Å². The number of hydrogen-bond acceptors (Lipinski definition) is 6. The van der Waals surface area contributed by atoms with Crippen LogP contribution >= 0.6 is 0 Å². The number of nitrogens with zero attached hydrogens (tertiary/aromatic N) is 2. The predicted molar refractivity (Wildman–Crippen MR) is 97.4 cm³/mol. The lowest BCUT2D eigenvalue weighted by Gasteiger charge is -2.29. The second-order valence-electron chi connectivity index (χ2n) is 5.87. The molecule has 1 aromatic heterocycles. The van der Waals surface area contributed by atoms with Gasteiger partial charge in [0.2, 0.25) is 0 Å². The first-order valence-corrected chi connectivity index (χ1v) is 8.50. The minimum atomic E-state index is 0.713. The Balaban J connectivity index is 1.64. The number of ether oxygens (including phenoxy) is 3. The summed E-state index contributed by atoms with van der Waals surface area (Å²) in [6.07, 6.45) is 1.85. The highest BCUT2D eigenvalue weighted by Gasteiger charge is 2.15. The smallest absolute Gasteiger partial charge is 0.133 e. The molecule has 0 amide bonds. The third kappa shape index (κ3) is 4.41. The zero-order valence-electron chi connectivity index (χ0n) is 14.8. The topological polar surface area (TPSA) is 55.9 Å². The van der Waals surface area contributed by atoms with Crippen LogP contribution in [0.3, 0.4) is 0 Å². The quantitative estimate of drug-likeness (QED) is 0.832. The van der Waals surface area contributed by atoms with E-state index in [2.05, 4.69) is 21.3 Å². The van der Waals surface area contributed by atoms with Gasteiger partial charge in [-0.1, -0.05) is 12.1 Å². The monoisotopic (exact) mass is 343 g/mol. The Morgan fingerprint density at radius 2 is 1.88 bits per heavy atom. The fourth-order valence-corrected chi connectivity index (χ4v) is 2.96. The molecule has 6 heteroatoms. The number of pyridine rings is 1. The molecule has 0 radical (unpaired) electrons. The Morgan fingerprint density at radius 1 is 1.08 bits per heavy atom. The van der Waals surface area contributed by atoms with Crippen LogP contribution in [0.15, 0.2) is 36.5 Å². The van der Waals surface area contributed by atoms with Gasteiger partial charge in [-0.3, -0.25) is 0 Å². The highest BCUT2D eigenvalue weighted by Crippen LogP contribution is 2.25. The average molecular weight is 343 g/mol. The van der Waals surface area contributed by atoms with Crippen molar-refractivity contribution in [3.63, 3.8) is 0 Å². The molecule has 0 saturated carbocycles. The van der Waals surface area contributed by atoms with Crippen molar-refractivity contribution in [3.8, 4) is 11.5 Å². The Morgan fingerprint density at radius 3 is 2.64 bits per heavy atom. The molecule has 1 aliphatic heterocycles. The summed E-state index contributed by atoms with van der Waals surface area (Å²) in [5.41, 5.74) is 2.29. The lowest BCUT2D eigenvalue weighted by Crippen LogP contribution is -2.37. The zero-order valence-corrected chi connectivity index (χ0v) is 14.8. The minimum absolute atomic E-state index is 0.713. The van der Waals surface area contributed by atoms with Crippen LogP contribution in [0, 0.1) is 0 Å². The van der Waals surface area contributed by atoms with E-state index >= 15 is 0 Å². The normalized spacial score (nSPS) is 14.4. The van der Waals surface area contributed by atoms with Crippen LogP contribution in [0.1, 0.15) is 11.1 Å². The zero-order chi connectivity index (χ0) is 17.5. The van der Waals surface area contributed by atoms with E-state index in [1.165, 1.54) is 5.56 Å². The number of anilines is 1. The Labute approximate surface area is 148 Å². The molecule has 0 bridgehead atoms. The van der Waals surface area contributed by atoms with E-state index in [1.54, 1.807) is 14.2 Å². The van der Waals surface area contributed by atoms with Crippen molar-refractivity contribution in [1.82, 2.24) is 10.3 Å². The summed E-state index contributed by atoms with van der Waals surface area (Å²) >= 11 is 0. The summed E-state index contributed by atoms with van der Waals surface area (Å²) in [7, 11) is 3.33. The van der Waals surface area contributed by atoms with Gasteiger partial charge in [-0.2, -0.15) is 0 Å². The maximum absolute atomic E-state index is 5.46. The fraction of sp³-hybridized carbons (Fsp3) is 0.421. The Kier molecular flexibility index (Phi) is 6.09. The van der Waals surface area contributed by atoms with Crippen LogP contribution in [0.2, 0.25) is 0 Å². The van der Waals surface area contributed by atoms with Crippen molar-refractivity contribution < 1.29 is 14.2 Å². The summed E-state index contributed by atoms with van der Waals surface area (Å²) in [6.45, 7) is 4.74. The van der Waals surface area contributed by atoms with Crippen molar-refractivity contribution in [2.24, 2.45) is 0 Å². The summed E-state index contributed by atoms with van der Waals surface area (Å²) in [5.74, 6) is 2.66. The molecule has 1 N–H and O–H groups in total. The van der Waals surface area contributed by atoms with Crippen molar-refractivity contribution in [3.05, 3.63) is 47.7 Å². The average Bonchev–Trinajstić information content (AvgIpc) is 2.69. The lowest BCUT2D eigenvalue weighted by molar-refractivity contribution is 0.122. The van der Waals surface area contributed by atoms with Crippen LogP contribution in [-0.2, 0) is 17.8 Å². The summed E-state index contributed by atoms with van der Waals surface area (Å²) < 4.78 is 16.1. The predicted octanol–water partition coefficient (Wildman–Crippen LogP) is 2.23. The summed E-state index contributed by atoms with van der Waals surface area (Å²) in [5, 5.41) is 3.49. The molecule has 1 aromatic carbocycles. The molecule has 0 aliphatic carbocycles. The van der Waals surface area contributed by atoms with E-state index in [0.29, 0.717) is 6.54 Å². The molecule has 0 atom stereocenters. The van der Waals surface area contributed by atoms with Gasteiger partial charge in [0, 0.05) is 49.6 Å². The fourth-order valence-electron chi connectivity index (χ4n) is 2.96. The number of methoxy groups -OCH3 is 2. The van der Waals surface area contributed by atoms with Gasteiger partial charge >= 0.3 is 0 Å². The third-order valence-electron chi connectivity index (χ3n) is 4.30. The van der Waals surface area contributed by atoms with Gasteiger partial charge in [-0.25, -0.2) is 4.98 Å². The van der Waals surface area contributed by atoms with Crippen LogP contribution in [0.4, 0.5) is 5.82 Å². The number of hydrogen-bond donors (Lipinski definition) is 1. The molecular formula is C19H25N3O3. The van der Waals surface area contributed by atoms with Crippen LogP contribution in [-0.4, -0.2) is 45.5 Å². The molecule has 3 rings (SSSR count). The van der Waals surface area contributed by atoms with Crippen LogP contribution in [0.25, 0.3) is 0 Å². The van der Waals surface area contributed by atoms with Gasteiger partial charge in [0.05, 0.1) is 27.4 Å².